The Morgan fingerprint density at radius 1 is 0.875 bits per heavy atom. The van der Waals surface area contributed by atoms with Crippen molar-refractivity contribution >= 4 is 11.1 Å². The Morgan fingerprint density at radius 3 is 2.38 bits per heavy atom. The van der Waals surface area contributed by atoms with Gasteiger partial charge in [0.05, 0.1) is 23.0 Å². The number of furan rings is 1. The number of benzene rings is 2. The fraction of sp³-hybridized carbons (Fsp3) is 0.160. The number of fused-ring (bicyclic) bond motifs is 1. The molecular weight excluding hydrogens is 407 g/mol. The minimum absolute atomic E-state index is 0.286. The van der Waals surface area contributed by atoms with Gasteiger partial charge in [-0.2, -0.15) is 5.10 Å². The number of H-pyrrole nitrogens is 1. The van der Waals surface area contributed by atoms with Crippen LogP contribution in [0.2, 0.25) is 0 Å². The van der Waals surface area contributed by atoms with Crippen molar-refractivity contribution in [3.63, 3.8) is 0 Å². The molecule has 0 bridgehead atoms. The maximum Gasteiger partial charge on any atom is 0.230 e. The molecule has 0 atom stereocenters. The van der Waals surface area contributed by atoms with Gasteiger partial charge in [-0.25, -0.2) is 14.4 Å². The Kier molecular flexibility index (Phi) is 5.72. The second-order valence-corrected chi connectivity index (χ2v) is 7.40. The molecule has 1 saturated heterocycles. The summed E-state index contributed by atoms with van der Waals surface area (Å²) in [5.41, 5.74) is 4.56. The SMILES string of the molecule is C1CCOC1.Fc1ccc(-c2[nH]ncc2-c2ncnc3oc(-c4ccccc4)cc23)cc1. The molecule has 6 rings (SSSR count). The molecular formula is C25H21FN4O2. The van der Waals surface area contributed by atoms with E-state index in [2.05, 4.69) is 20.2 Å². The van der Waals surface area contributed by atoms with Gasteiger partial charge in [-0.1, -0.05) is 30.3 Å². The lowest BCUT2D eigenvalue weighted by Gasteiger charge is -2.03. The van der Waals surface area contributed by atoms with Crippen LogP contribution in [0.25, 0.3) is 44.9 Å². The number of rotatable bonds is 3. The van der Waals surface area contributed by atoms with Crippen LogP contribution in [0, 0.1) is 5.82 Å². The zero-order valence-electron chi connectivity index (χ0n) is 17.3. The van der Waals surface area contributed by atoms with Crippen LogP contribution in [-0.2, 0) is 4.74 Å². The molecule has 3 aromatic heterocycles. The summed E-state index contributed by atoms with van der Waals surface area (Å²) in [7, 11) is 0. The molecule has 0 aliphatic carbocycles. The molecule has 7 heteroatoms. The van der Waals surface area contributed by atoms with Crippen molar-refractivity contribution in [3.05, 3.63) is 79.0 Å². The third-order valence-corrected chi connectivity index (χ3v) is 5.24. The highest BCUT2D eigenvalue weighted by Crippen LogP contribution is 2.35. The smallest absolute Gasteiger partial charge is 0.230 e. The van der Waals surface area contributed by atoms with Crippen LogP contribution in [0.5, 0.6) is 0 Å². The average Bonchev–Trinajstić information content (AvgIpc) is 3.62. The minimum Gasteiger partial charge on any atom is -0.438 e. The molecule has 1 fully saturated rings. The topological polar surface area (TPSA) is 76.8 Å². The Bertz CT molecular complexity index is 1300. The number of ether oxygens (including phenoxy) is 1. The molecule has 1 aliphatic heterocycles. The second-order valence-electron chi connectivity index (χ2n) is 7.40. The average molecular weight is 428 g/mol. The van der Waals surface area contributed by atoms with Gasteiger partial charge >= 0.3 is 0 Å². The number of hydrogen-bond donors (Lipinski definition) is 1. The summed E-state index contributed by atoms with van der Waals surface area (Å²) in [5.74, 6) is 0.436. The molecule has 0 saturated carbocycles. The molecule has 5 aromatic rings. The first-order valence-corrected chi connectivity index (χ1v) is 10.5. The van der Waals surface area contributed by atoms with Crippen LogP contribution in [0.4, 0.5) is 4.39 Å². The lowest BCUT2D eigenvalue weighted by atomic mass is 10.0. The highest BCUT2D eigenvalue weighted by Gasteiger charge is 2.17. The summed E-state index contributed by atoms with van der Waals surface area (Å²) in [6.45, 7) is 2.00. The standard InChI is InChI=1S/C21H13FN4O.C4H8O/c22-15-8-6-14(7-9-15)19-17(11-25-26-19)20-16-10-18(13-4-2-1-3-5-13)27-21(16)24-12-23-20;1-2-4-5-3-1/h1-12H,(H,25,26);1-4H2. The normalized spacial score (nSPS) is 13.2. The summed E-state index contributed by atoms with van der Waals surface area (Å²) < 4.78 is 24.1. The van der Waals surface area contributed by atoms with E-state index < -0.39 is 0 Å². The van der Waals surface area contributed by atoms with E-state index in [0.717, 1.165) is 46.7 Å². The molecule has 0 unspecified atom stereocenters. The van der Waals surface area contributed by atoms with E-state index in [0.29, 0.717) is 11.4 Å². The predicted octanol–water partition coefficient (Wildman–Crippen LogP) is 5.88. The first-order valence-electron chi connectivity index (χ1n) is 10.5. The molecule has 160 valence electrons. The van der Waals surface area contributed by atoms with Crippen LogP contribution in [-0.4, -0.2) is 33.4 Å². The van der Waals surface area contributed by atoms with E-state index in [1.54, 1.807) is 18.3 Å². The lowest BCUT2D eigenvalue weighted by molar-refractivity contribution is 0.198. The van der Waals surface area contributed by atoms with Gasteiger partial charge < -0.3 is 9.15 Å². The first kappa shape index (κ1) is 20.1. The van der Waals surface area contributed by atoms with E-state index >= 15 is 0 Å². The molecule has 32 heavy (non-hydrogen) atoms. The van der Waals surface area contributed by atoms with Crippen molar-refractivity contribution in [3.8, 4) is 33.8 Å². The summed E-state index contributed by atoms with van der Waals surface area (Å²) in [4.78, 5) is 8.71. The number of hydrogen-bond acceptors (Lipinski definition) is 5. The fourth-order valence-corrected chi connectivity index (χ4v) is 3.63. The van der Waals surface area contributed by atoms with Crippen molar-refractivity contribution in [1.82, 2.24) is 20.2 Å². The van der Waals surface area contributed by atoms with Gasteiger partial charge in [0.15, 0.2) is 0 Å². The van der Waals surface area contributed by atoms with E-state index in [4.69, 9.17) is 9.15 Å². The van der Waals surface area contributed by atoms with Crippen molar-refractivity contribution in [2.45, 2.75) is 12.8 Å². The predicted molar refractivity (Wildman–Crippen MR) is 120 cm³/mol. The third-order valence-electron chi connectivity index (χ3n) is 5.24. The number of nitrogens with zero attached hydrogens (tertiary/aromatic N) is 3. The van der Waals surface area contributed by atoms with Crippen LogP contribution >= 0.6 is 0 Å². The van der Waals surface area contributed by atoms with Gasteiger partial charge in [-0.15, -0.1) is 0 Å². The Hall–Kier alpha value is -3.84. The van der Waals surface area contributed by atoms with Gasteiger partial charge in [0, 0.05) is 29.9 Å². The highest BCUT2D eigenvalue weighted by atomic mass is 19.1. The zero-order valence-corrected chi connectivity index (χ0v) is 17.3. The largest absolute Gasteiger partial charge is 0.438 e. The van der Waals surface area contributed by atoms with Crippen molar-refractivity contribution in [2.75, 3.05) is 13.2 Å². The molecule has 4 heterocycles. The monoisotopic (exact) mass is 428 g/mol. The lowest BCUT2D eigenvalue weighted by Crippen LogP contribution is -1.88. The Balaban J connectivity index is 0.000000383. The summed E-state index contributed by atoms with van der Waals surface area (Å²) in [6.07, 6.45) is 5.73. The maximum absolute atomic E-state index is 13.3. The molecule has 0 amide bonds. The van der Waals surface area contributed by atoms with E-state index in [9.17, 15) is 4.39 Å². The van der Waals surface area contributed by atoms with Crippen molar-refractivity contribution in [2.24, 2.45) is 0 Å². The minimum atomic E-state index is -0.286. The quantitative estimate of drug-likeness (QED) is 0.388. The molecule has 1 N–H and O–H groups in total. The van der Waals surface area contributed by atoms with Gasteiger partial charge in [-0.05, 0) is 43.2 Å². The number of nitrogens with one attached hydrogen (secondary N) is 1. The first-order chi connectivity index (χ1) is 15.8. The highest BCUT2D eigenvalue weighted by molar-refractivity contribution is 5.95. The molecule has 0 spiro atoms. The Labute approximate surface area is 184 Å². The number of aromatic nitrogens is 4. The van der Waals surface area contributed by atoms with E-state index in [1.165, 1.54) is 31.3 Å². The molecule has 1 aliphatic rings. The van der Waals surface area contributed by atoms with E-state index in [-0.39, 0.29) is 5.82 Å². The van der Waals surface area contributed by atoms with Crippen LogP contribution in [0.15, 0.2) is 77.6 Å². The summed E-state index contributed by atoms with van der Waals surface area (Å²) in [5, 5.41) is 7.93. The van der Waals surface area contributed by atoms with Crippen LogP contribution < -0.4 is 0 Å². The van der Waals surface area contributed by atoms with Gasteiger partial charge in [-0.3, -0.25) is 5.10 Å². The van der Waals surface area contributed by atoms with Gasteiger partial charge in [0.2, 0.25) is 5.71 Å². The molecule has 0 radical (unpaired) electrons. The van der Waals surface area contributed by atoms with Gasteiger partial charge in [0.25, 0.3) is 0 Å². The van der Waals surface area contributed by atoms with E-state index in [1.807, 2.05) is 36.4 Å². The second kappa shape index (κ2) is 9.11. The molecule has 6 nitrogen and oxygen atoms in total. The number of aromatic amines is 1. The maximum atomic E-state index is 13.3. The van der Waals surface area contributed by atoms with Crippen molar-refractivity contribution in [1.29, 1.82) is 0 Å². The molecule has 2 aromatic carbocycles. The van der Waals surface area contributed by atoms with Crippen LogP contribution in [0.3, 0.4) is 0 Å². The summed E-state index contributed by atoms with van der Waals surface area (Å²) in [6, 6.07) is 18.0. The fourth-order valence-electron chi connectivity index (χ4n) is 3.63. The van der Waals surface area contributed by atoms with Crippen molar-refractivity contribution < 1.29 is 13.5 Å². The zero-order chi connectivity index (χ0) is 21.8. The number of halogens is 1. The van der Waals surface area contributed by atoms with Crippen LogP contribution in [0.1, 0.15) is 12.8 Å². The Morgan fingerprint density at radius 2 is 1.66 bits per heavy atom. The third kappa shape index (κ3) is 4.15. The van der Waals surface area contributed by atoms with Gasteiger partial charge in [0.1, 0.15) is 17.9 Å². The summed E-state index contributed by atoms with van der Waals surface area (Å²) >= 11 is 0.